The van der Waals surface area contributed by atoms with Crippen LogP contribution in [0.1, 0.15) is 55.7 Å². The van der Waals surface area contributed by atoms with Gasteiger partial charge in [0.15, 0.2) is 5.82 Å². The maximum Gasteiger partial charge on any atom is 0.335 e. The summed E-state index contributed by atoms with van der Waals surface area (Å²) < 4.78 is 5.59. The van der Waals surface area contributed by atoms with E-state index in [-0.39, 0.29) is 11.7 Å². The SMILES string of the molecule is CC(C)OCCCCc1ncc2c(n1)c(NC1CC1)nc1cc(C(=O)O)ccc12. The van der Waals surface area contributed by atoms with Gasteiger partial charge in [-0.2, -0.15) is 0 Å². The molecule has 29 heavy (non-hydrogen) atoms. The molecule has 7 heteroatoms. The molecule has 1 saturated carbocycles. The third-order valence-electron chi connectivity index (χ3n) is 4.99. The van der Waals surface area contributed by atoms with Gasteiger partial charge in [0.2, 0.25) is 0 Å². The van der Waals surface area contributed by atoms with Gasteiger partial charge >= 0.3 is 5.97 Å². The van der Waals surface area contributed by atoms with Crippen molar-refractivity contribution in [3.63, 3.8) is 0 Å². The summed E-state index contributed by atoms with van der Waals surface area (Å²) in [5.74, 6) is 0.548. The van der Waals surface area contributed by atoms with Gasteiger partial charge in [-0.3, -0.25) is 0 Å². The van der Waals surface area contributed by atoms with E-state index in [1.54, 1.807) is 18.2 Å². The predicted molar refractivity (Wildman–Crippen MR) is 112 cm³/mol. The lowest BCUT2D eigenvalue weighted by Gasteiger charge is -2.12. The van der Waals surface area contributed by atoms with Crippen LogP contribution in [0.4, 0.5) is 5.82 Å². The number of carboxylic acids is 1. The molecule has 1 fully saturated rings. The van der Waals surface area contributed by atoms with Gasteiger partial charge in [0.1, 0.15) is 11.3 Å². The molecule has 2 aromatic heterocycles. The van der Waals surface area contributed by atoms with E-state index < -0.39 is 5.97 Å². The molecule has 0 radical (unpaired) electrons. The Bertz CT molecular complexity index is 1050. The molecule has 0 spiro atoms. The topological polar surface area (TPSA) is 97.2 Å². The van der Waals surface area contributed by atoms with Crippen molar-refractivity contribution in [2.75, 3.05) is 11.9 Å². The first kappa shape index (κ1) is 19.5. The summed E-state index contributed by atoms with van der Waals surface area (Å²) in [6, 6.07) is 5.42. The molecule has 3 aromatic rings. The van der Waals surface area contributed by atoms with Gasteiger partial charge in [0, 0.05) is 36.0 Å². The molecule has 2 heterocycles. The summed E-state index contributed by atoms with van der Waals surface area (Å²) in [4.78, 5) is 25.4. The summed E-state index contributed by atoms with van der Waals surface area (Å²) in [6.45, 7) is 4.83. The molecule has 1 aliphatic rings. The van der Waals surface area contributed by atoms with E-state index in [1.165, 1.54) is 0 Å². The van der Waals surface area contributed by atoms with Crippen LogP contribution in [0.3, 0.4) is 0 Å². The van der Waals surface area contributed by atoms with Crippen LogP contribution in [0.15, 0.2) is 24.4 Å². The number of aromatic carboxylic acids is 1. The van der Waals surface area contributed by atoms with E-state index in [2.05, 4.69) is 10.3 Å². The normalized spacial score (nSPS) is 14.0. The Morgan fingerprint density at radius 3 is 2.79 bits per heavy atom. The third-order valence-corrected chi connectivity index (χ3v) is 4.99. The first-order chi connectivity index (χ1) is 14.0. The van der Waals surface area contributed by atoms with E-state index in [0.717, 1.165) is 60.8 Å². The van der Waals surface area contributed by atoms with Crippen molar-refractivity contribution in [3.05, 3.63) is 35.8 Å². The number of aromatic nitrogens is 3. The van der Waals surface area contributed by atoms with Crippen molar-refractivity contribution in [1.82, 2.24) is 15.0 Å². The van der Waals surface area contributed by atoms with Crippen LogP contribution in [0, 0.1) is 0 Å². The molecule has 1 aromatic carbocycles. The van der Waals surface area contributed by atoms with Crippen molar-refractivity contribution < 1.29 is 14.6 Å². The molecule has 7 nitrogen and oxygen atoms in total. The van der Waals surface area contributed by atoms with E-state index in [1.807, 2.05) is 20.0 Å². The number of unbranched alkanes of at least 4 members (excludes halogenated alkanes) is 1. The quantitative estimate of drug-likeness (QED) is 0.415. The number of ether oxygens (including phenoxy) is 1. The zero-order valence-corrected chi connectivity index (χ0v) is 16.8. The third kappa shape index (κ3) is 4.62. The maximum absolute atomic E-state index is 11.3. The summed E-state index contributed by atoms with van der Waals surface area (Å²) >= 11 is 0. The molecule has 0 bridgehead atoms. The lowest BCUT2D eigenvalue weighted by molar-refractivity contribution is 0.0696. The van der Waals surface area contributed by atoms with Gasteiger partial charge in [0.25, 0.3) is 0 Å². The smallest absolute Gasteiger partial charge is 0.335 e. The Hall–Kier alpha value is -2.80. The highest BCUT2D eigenvalue weighted by Crippen LogP contribution is 2.32. The lowest BCUT2D eigenvalue weighted by Crippen LogP contribution is -2.07. The molecule has 0 atom stereocenters. The van der Waals surface area contributed by atoms with Crippen LogP contribution in [-0.2, 0) is 11.2 Å². The van der Waals surface area contributed by atoms with Gasteiger partial charge < -0.3 is 15.2 Å². The van der Waals surface area contributed by atoms with Crippen LogP contribution < -0.4 is 5.32 Å². The molecule has 4 rings (SSSR count). The molecule has 1 aliphatic carbocycles. The summed E-state index contributed by atoms with van der Waals surface area (Å²) in [5, 5.41) is 14.5. The highest BCUT2D eigenvalue weighted by Gasteiger charge is 2.23. The minimum atomic E-state index is -0.960. The number of benzene rings is 1. The van der Waals surface area contributed by atoms with Gasteiger partial charge in [-0.25, -0.2) is 19.7 Å². The van der Waals surface area contributed by atoms with Crippen LogP contribution in [0.2, 0.25) is 0 Å². The lowest BCUT2D eigenvalue weighted by atomic mass is 10.1. The Balaban J connectivity index is 1.65. The molecule has 0 saturated heterocycles. The van der Waals surface area contributed by atoms with Gasteiger partial charge in [0.05, 0.1) is 17.2 Å². The monoisotopic (exact) mass is 394 g/mol. The first-order valence-corrected chi connectivity index (χ1v) is 10.2. The highest BCUT2D eigenvalue weighted by molar-refractivity contribution is 6.09. The van der Waals surface area contributed by atoms with Crippen molar-refractivity contribution in [1.29, 1.82) is 0 Å². The number of pyridine rings is 1. The average molecular weight is 394 g/mol. The number of anilines is 1. The number of nitrogens with one attached hydrogen (secondary N) is 1. The predicted octanol–water partition coefficient (Wildman–Crippen LogP) is 4.20. The van der Waals surface area contributed by atoms with Gasteiger partial charge in [-0.05, 0) is 51.7 Å². The zero-order valence-electron chi connectivity index (χ0n) is 16.8. The second-order valence-electron chi connectivity index (χ2n) is 7.84. The Kier molecular flexibility index (Phi) is 5.58. The van der Waals surface area contributed by atoms with Gasteiger partial charge in [-0.15, -0.1) is 0 Å². The Morgan fingerprint density at radius 2 is 2.07 bits per heavy atom. The van der Waals surface area contributed by atoms with Gasteiger partial charge in [-0.1, -0.05) is 6.07 Å². The number of fused-ring (bicyclic) bond motifs is 3. The maximum atomic E-state index is 11.3. The number of nitrogens with zero attached hydrogens (tertiary/aromatic N) is 3. The molecular weight excluding hydrogens is 368 g/mol. The minimum Gasteiger partial charge on any atom is -0.478 e. The first-order valence-electron chi connectivity index (χ1n) is 10.2. The molecule has 152 valence electrons. The van der Waals surface area contributed by atoms with E-state index in [4.69, 9.17) is 14.7 Å². The largest absolute Gasteiger partial charge is 0.478 e. The Morgan fingerprint density at radius 1 is 1.24 bits per heavy atom. The van der Waals surface area contributed by atoms with Crippen LogP contribution in [0.25, 0.3) is 21.8 Å². The Labute approximate surface area is 169 Å². The fourth-order valence-electron chi connectivity index (χ4n) is 3.30. The molecule has 0 aliphatic heterocycles. The number of carboxylic acid groups (broad SMARTS) is 1. The van der Waals surface area contributed by atoms with Crippen molar-refractivity contribution in [2.45, 2.75) is 58.1 Å². The number of hydrogen-bond donors (Lipinski definition) is 2. The standard InChI is InChI=1S/C22H26N4O3/c1-13(2)29-10-4-3-5-19-23-12-17-16-9-6-14(22(27)28)11-18(16)25-21(20(17)26-19)24-15-7-8-15/h6,9,11-13,15H,3-5,7-8,10H2,1-2H3,(H,24,25)(H,27,28). The second kappa shape index (κ2) is 8.29. The highest BCUT2D eigenvalue weighted by atomic mass is 16.5. The van der Waals surface area contributed by atoms with Crippen molar-refractivity contribution in [2.24, 2.45) is 0 Å². The number of carbonyl (C=O) groups is 1. The average Bonchev–Trinajstić information content (AvgIpc) is 3.51. The fourth-order valence-corrected chi connectivity index (χ4v) is 3.30. The second-order valence-corrected chi connectivity index (χ2v) is 7.84. The van der Waals surface area contributed by atoms with E-state index in [0.29, 0.717) is 17.4 Å². The van der Waals surface area contributed by atoms with Crippen molar-refractivity contribution in [3.8, 4) is 0 Å². The number of rotatable bonds is 9. The van der Waals surface area contributed by atoms with Crippen LogP contribution in [-0.4, -0.2) is 44.8 Å². The molecule has 2 N–H and O–H groups in total. The molecule has 0 unspecified atom stereocenters. The van der Waals surface area contributed by atoms with Crippen LogP contribution >= 0.6 is 0 Å². The summed E-state index contributed by atoms with van der Waals surface area (Å²) in [6.07, 6.45) is 7.05. The summed E-state index contributed by atoms with van der Waals surface area (Å²) in [7, 11) is 0. The molecule has 0 amide bonds. The van der Waals surface area contributed by atoms with E-state index in [9.17, 15) is 9.90 Å². The minimum absolute atomic E-state index is 0.225. The fraction of sp³-hybridized carbons (Fsp3) is 0.455. The zero-order chi connectivity index (χ0) is 20.4. The van der Waals surface area contributed by atoms with E-state index >= 15 is 0 Å². The van der Waals surface area contributed by atoms with Crippen LogP contribution in [0.5, 0.6) is 0 Å². The van der Waals surface area contributed by atoms with Crippen molar-refractivity contribution >= 4 is 33.6 Å². The number of hydrogen-bond acceptors (Lipinski definition) is 6. The summed E-state index contributed by atoms with van der Waals surface area (Å²) in [5.41, 5.74) is 1.67. The molecular formula is C22H26N4O3. The number of aryl methyl sites for hydroxylation is 1.